The summed E-state index contributed by atoms with van der Waals surface area (Å²) < 4.78 is 25.7. The number of carbonyl (C=O) groups excluding carboxylic acids is 1. The maximum atomic E-state index is 13.7. The van der Waals surface area contributed by atoms with Crippen LogP contribution >= 0.6 is 0 Å². The zero-order valence-electron chi connectivity index (χ0n) is 22.5. The minimum atomic E-state index is -0.850. The molecule has 0 aliphatic carbocycles. The third-order valence-corrected chi connectivity index (χ3v) is 6.61. The number of nitrogens with one attached hydrogen (secondary N) is 4. The quantitative estimate of drug-likeness (QED) is 0.207. The summed E-state index contributed by atoms with van der Waals surface area (Å²) in [6, 6.07) is 19.6. The molecule has 0 bridgehead atoms. The Bertz CT molecular complexity index is 1420. The third kappa shape index (κ3) is 6.47. The predicted octanol–water partition coefficient (Wildman–Crippen LogP) is 5.54. The Kier molecular flexibility index (Phi) is 8.37. The molecule has 1 saturated heterocycles. The van der Waals surface area contributed by atoms with Gasteiger partial charge in [-0.25, -0.2) is 14.4 Å². The number of ether oxygens (including phenoxy) is 2. The van der Waals surface area contributed by atoms with Crippen LogP contribution < -0.4 is 16.0 Å². The molecule has 4 aromatic rings. The van der Waals surface area contributed by atoms with Crippen LogP contribution in [0.15, 0.2) is 72.9 Å². The molecule has 2 aromatic carbocycles. The van der Waals surface area contributed by atoms with Gasteiger partial charge in [-0.1, -0.05) is 37.3 Å². The summed E-state index contributed by atoms with van der Waals surface area (Å²) >= 11 is 0. The van der Waals surface area contributed by atoms with E-state index in [0.29, 0.717) is 23.9 Å². The highest BCUT2D eigenvalue weighted by Gasteiger charge is 2.40. The van der Waals surface area contributed by atoms with Crippen molar-refractivity contribution in [1.82, 2.24) is 20.3 Å². The van der Waals surface area contributed by atoms with Crippen LogP contribution in [0.4, 0.5) is 21.7 Å². The van der Waals surface area contributed by atoms with Gasteiger partial charge >= 0.3 is 0 Å². The molecule has 9 nitrogen and oxygen atoms in total. The number of hydrogen-bond donors (Lipinski definition) is 4. The molecule has 0 radical (unpaired) electrons. The Morgan fingerprint density at radius 1 is 1.10 bits per heavy atom. The van der Waals surface area contributed by atoms with E-state index in [1.807, 2.05) is 49.4 Å². The van der Waals surface area contributed by atoms with E-state index in [4.69, 9.17) is 14.5 Å². The molecule has 208 valence electrons. The summed E-state index contributed by atoms with van der Waals surface area (Å²) in [6.45, 7) is 5.45. The van der Waals surface area contributed by atoms with Gasteiger partial charge in [0.15, 0.2) is 11.6 Å². The van der Waals surface area contributed by atoms with Crippen molar-refractivity contribution in [3.63, 3.8) is 0 Å². The molecule has 0 atom stereocenters. The maximum absolute atomic E-state index is 13.7. The molecule has 2 aromatic heterocycles. The Balaban J connectivity index is 1.31. The van der Waals surface area contributed by atoms with Crippen molar-refractivity contribution in [3.05, 3.63) is 90.1 Å². The highest BCUT2D eigenvalue weighted by molar-refractivity contribution is 5.82. The van der Waals surface area contributed by atoms with Crippen molar-refractivity contribution in [2.24, 2.45) is 5.41 Å². The lowest BCUT2D eigenvalue weighted by Crippen LogP contribution is -2.48. The van der Waals surface area contributed by atoms with Crippen molar-refractivity contribution < 1.29 is 18.7 Å². The van der Waals surface area contributed by atoms with E-state index in [1.54, 1.807) is 18.3 Å². The SMILES string of the molecule is CCCNc1cc(Nc2nc(C3OCC(C)(C(=O)NCc4ccccc4)CO3)[nH]c2-c2ccc(F)cc2)ccn1. The summed E-state index contributed by atoms with van der Waals surface area (Å²) in [7, 11) is 0. The molecule has 5 rings (SSSR count). The molecular formula is C30H33FN6O3. The second-order valence-corrected chi connectivity index (χ2v) is 10.0. The zero-order valence-corrected chi connectivity index (χ0v) is 22.5. The monoisotopic (exact) mass is 544 g/mol. The largest absolute Gasteiger partial charge is 0.370 e. The molecule has 1 amide bonds. The van der Waals surface area contributed by atoms with Crippen molar-refractivity contribution >= 4 is 23.2 Å². The highest BCUT2D eigenvalue weighted by atomic mass is 19.1. The molecule has 4 N–H and O–H groups in total. The number of pyridine rings is 1. The fourth-order valence-electron chi connectivity index (χ4n) is 4.30. The number of benzene rings is 2. The predicted molar refractivity (Wildman–Crippen MR) is 151 cm³/mol. The van der Waals surface area contributed by atoms with Gasteiger partial charge in [-0.3, -0.25) is 4.79 Å². The fraction of sp³-hybridized carbons (Fsp3) is 0.300. The first-order valence-corrected chi connectivity index (χ1v) is 13.3. The van der Waals surface area contributed by atoms with Gasteiger partial charge in [0.25, 0.3) is 0 Å². The van der Waals surface area contributed by atoms with E-state index in [9.17, 15) is 9.18 Å². The van der Waals surface area contributed by atoms with Gasteiger partial charge in [-0.15, -0.1) is 0 Å². The van der Waals surface area contributed by atoms with Crippen LogP contribution in [0.25, 0.3) is 11.3 Å². The molecule has 40 heavy (non-hydrogen) atoms. The summed E-state index contributed by atoms with van der Waals surface area (Å²) in [6.07, 6.45) is 1.89. The normalized spacial score (nSPS) is 18.7. The van der Waals surface area contributed by atoms with E-state index in [1.165, 1.54) is 12.1 Å². The Labute approximate surface area is 232 Å². The molecule has 0 unspecified atom stereocenters. The lowest BCUT2D eigenvalue weighted by molar-refractivity contribution is -0.231. The van der Waals surface area contributed by atoms with Crippen LogP contribution in [0.5, 0.6) is 0 Å². The first-order chi connectivity index (χ1) is 19.4. The second kappa shape index (κ2) is 12.3. The smallest absolute Gasteiger partial charge is 0.230 e. The molecule has 0 saturated carbocycles. The molecular weight excluding hydrogens is 511 g/mol. The van der Waals surface area contributed by atoms with Gasteiger partial charge < -0.3 is 30.4 Å². The van der Waals surface area contributed by atoms with E-state index in [2.05, 4.69) is 32.8 Å². The van der Waals surface area contributed by atoms with Crippen LogP contribution in [0, 0.1) is 11.2 Å². The molecule has 3 heterocycles. The van der Waals surface area contributed by atoms with Crippen LogP contribution in [-0.2, 0) is 20.8 Å². The van der Waals surface area contributed by atoms with Gasteiger partial charge in [0.2, 0.25) is 12.2 Å². The van der Waals surface area contributed by atoms with Crippen molar-refractivity contribution in [2.45, 2.75) is 33.1 Å². The fourth-order valence-corrected chi connectivity index (χ4v) is 4.30. The lowest BCUT2D eigenvalue weighted by atomic mass is 9.91. The van der Waals surface area contributed by atoms with Gasteiger partial charge in [-0.2, -0.15) is 0 Å². The summed E-state index contributed by atoms with van der Waals surface area (Å²) in [4.78, 5) is 25.3. The average molecular weight is 545 g/mol. The Morgan fingerprint density at radius 2 is 1.85 bits per heavy atom. The first kappa shape index (κ1) is 27.3. The minimum absolute atomic E-state index is 0.145. The van der Waals surface area contributed by atoms with Crippen LogP contribution in [0.1, 0.15) is 37.9 Å². The van der Waals surface area contributed by atoms with E-state index < -0.39 is 11.7 Å². The van der Waals surface area contributed by atoms with Gasteiger partial charge in [-0.05, 0) is 49.2 Å². The number of nitrogens with zero attached hydrogens (tertiary/aromatic N) is 2. The second-order valence-electron chi connectivity index (χ2n) is 10.0. The number of amides is 1. The number of aromatic amines is 1. The first-order valence-electron chi connectivity index (χ1n) is 13.3. The molecule has 1 aliphatic rings. The lowest BCUT2D eigenvalue weighted by Gasteiger charge is -2.35. The Morgan fingerprint density at radius 3 is 2.58 bits per heavy atom. The summed E-state index contributed by atoms with van der Waals surface area (Å²) in [5, 5.41) is 9.58. The Hall–Kier alpha value is -4.28. The van der Waals surface area contributed by atoms with Crippen molar-refractivity contribution in [1.29, 1.82) is 0 Å². The van der Waals surface area contributed by atoms with Crippen LogP contribution in [0.3, 0.4) is 0 Å². The number of carbonyl (C=O) groups is 1. The number of hydrogen-bond acceptors (Lipinski definition) is 7. The summed E-state index contributed by atoms with van der Waals surface area (Å²) in [5.74, 6) is 1.23. The van der Waals surface area contributed by atoms with Crippen molar-refractivity contribution in [2.75, 3.05) is 30.4 Å². The number of imidazole rings is 1. The van der Waals surface area contributed by atoms with Gasteiger partial charge in [0.05, 0.1) is 24.3 Å². The zero-order chi connectivity index (χ0) is 28.0. The van der Waals surface area contributed by atoms with E-state index in [-0.39, 0.29) is 24.9 Å². The average Bonchev–Trinajstić information content (AvgIpc) is 3.39. The topological polar surface area (TPSA) is 113 Å². The number of rotatable bonds is 10. The number of H-pyrrole nitrogens is 1. The van der Waals surface area contributed by atoms with Crippen molar-refractivity contribution in [3.8, 4) is 11.3 Å². The van der Waals surface area contributed by atoms with Crippen LogP contribution in [-0.4, -0.2) is 40.6 Å². The summed E-state index contributed by atoms with van der Waals surface area (Å²) in [5.41, 5.74) is 2.33. The number of anilines is 3. The van der Waals surface area contributed by atoms with E-state index >= 15 is 0 Å². The van der Waals surface area contributed by atoms with Gasteiger partial charge in [0.1, 0.15) is 11.6 Å². The standard InChI is InChI=1S/C30H33FN6O3/c1-3-14-32-24-16-23(13-15-33-24)35-26-25(21-9-11-22(31)12-10-21)36-27(37-26)28-39-18-30(2,19-40-28)29(38)34-17-20-7-5-4-6-8-20/h4-13,15-16,28H,3,14,17-19H2,1-2H3,(H,34,38)(H,36,37)(H2,32,33,35). The number of aromatic nitrogens is 3. The van der Waals surface area contributed by atoms with E-state index in [0.717, 1.165) is 35.6 Å². The maximum Gasteiger partial charge on any atom is 0.230 e. The number of halogens is 1. The van der Waals surface area contributed by atoms with Gasteiger partial charge in [0, 0.05) is 36.6 Å². The highest BCUT2D eigenvalue weighted by Crippen LogP contribution is 2.35. The molecule has 10 heteroatoms. The molecule has 1 aliphatic heterocycles. The molecule has 1 fully saturated rings. The minimum Gasteiger partial charge on any atom is -0.370 e. The third-order valence-electron chi connectivity index (χ3n) is 6.61. The van der Waals surface area contributed by atoms with Crippen LogP contribution in [0.2, 0.25) is 0 Å². The molecule has 0 spiro atoms.